The molecule has 1 N–H and O–H groups in total. The zero-order valence-corrected chi connectivity index (χ0v) is 16.0. The van der Waals surface area contributed by atoms with E-state index in [-0.39, 0.29) is 17.4 Å². The molecule has 1 aliphatic heterocycles. The number of Topliss-reactive ketones (excluding diaryl/α,β-unsaturated/α-hetero) is 1. The van der Waals surface area contributed by atoms with E-state index in [0.29, 0.717) is 25.9 Å². The maximum absolute atomic E-state index is 13.7. The van der Waals surface area contributed by atoms with Crippen molar-refractivity contribution < 1.29 is 18.4 Å². The zero-order valence-electron chi connectivity index (χ0n) is 16.0. The quantitative estimate of drug-likeness (QED) is 0.784. The Bertz CT molecular complexity index is 859. The number of benzene rings is 2. The maximum Gasteiger partial charge on any atom is 0.241 e. The number of piperidine rings is 1. The number of carbonyl (C=O) groups excluding carboxylic acids is 2. The molecule has 4 nitrogen and oxygen atoms in total. The van der Waals surface area contributed by atoms with E-state index in [2.05, 4.69) is 5.32 Å². The summed E-state index contributed by atoms with van der Waals surface area (Å²) < 4.78 is 27.0. The summed E-state index contributed by atoms with van der Waals surface area (Å²) in [7, 11) is 0. The molecule has 0 saturated carbocycles. The second-order valence-electron chi connectivity index (χ2n) is 7.33. The van der Waals surface area contributed by atoms with Crippen molar-refractivity contribution in [2.45, 2.75) is 32.7 Å². The van der Waals surface area contributed by atoms with Gasteiger partial charge in [0.2, 0.25) is 5.91 Å². The van der Waals surface area contributed by atoms with Crippen LogP contribution in [-0.4, -0.2) is 35.7 Å². The molecule has 2 aromatic carbocycles. The second kappa shape index (κ2) is 8.61. The van der Waals surface area contributed by atoms with E-state index in [9.17, 15) is 18.4 Å². The Balaban J connectivity index is 1.56. The van der Waals surface area contributed by atoms with Gasteiger partial charge in [-0.25, -0.2) is 8.78 Å². The SMILES string of the molecule is Cc1ccc(C(=O)C2CCN(C(C)C(=O)Nc3cc(F)ccc3F)CC2)cc1. The third-order valence-corrected chi connectivity index (χ3v) is 5.35. The number of hydrogen-bond acceptors (Lipinski definition) is 3. The minimum atomic E-state index is -0.677. The van der Waals surface area contributed by atoms with E-state index < -0.39 is 23.6 Å². The summed E-state index contributed by atoms with van der Waals surface area (Å²) in [5, 5.41) is 2.45. The molecule has 1 aliphatic rings. The van der Waals surface area contributed by atoms with Gasteiger partial charge in [0, 0.05) is 17.5 Å². The monoisotopic (exact) mass is 386 g/mol. The molecule has 2 aromatic rings. The highest BCUT2D eigenvalue weighted by Crippen LogP contribution is 2.24. The first-order chi connectivity index (χ1) is 13.3. The van der Waals surface area contributed by atoms with Gasteiger partial charge in [-0.1, -0.05) is 29.8 Å². The molecule has 3 rings (SSSR count). The first kappa shape index (κ1) is 20.1. The lowest BCUT2D eigenvalue weighted by atomic mass is 9.88. The van der Waals surface area contributed by atoms with Crippen LogP contribution in [0.3, 0.4) is 0 Å². The van der Waals surface area contributed by atoms with Crippen molar-refractivity contribution >= 4 is 17.4 Å². The van der Waals surface area contributed by atoms with E-state index in [4.69, 9.17) is 0 Å². The molecular weight excluding hydrogens is 362 g/mol. The molecular formula is C22H24F2N2O2. The topological polar surface area (TPSA) is 49.4 Å². The molecule has 6 heteroatoms. The third-order valence-electron chi connectivity index (χ3n) is 5.35. The summed E-state index contributed by atoms with van der Waals surface area (Å²) in [6, 6.07) is 10.0. The average molecular weight is 386 g/mol. The number of ketones is 1. The summed E-state index contributed by atoms with van der Waals surface area (Å²) in [5.74, 6) is -1.61. The summed E-state index contributed by atoms with van der Waals surface area (Å²) in [6.07, 6.45) is 1.33. The molecule has 1 amide bonds. The van der Waals surface area contributed by atoms with Crippen LogP contribution in [0.25, 0.3) is 0 Å². The predicted octanol–water partition coefficient (Wildman–Crippen LogP) is 4.20. The van der Waals surface area contributed by atoms with E-state index in [0.717, 1.165) is 29.3 Å². The Morgan fingerprint density at radius 1 is 1.07 bits per heavy atom. The van der Waals surface area contributed by atoms with Gasteiger partial charge in [0.1, 0.15) is 11.6 Å². The number of aryl methyl sites for hydroxylation is 1. The van der Waals surface area contributed by atoms with Crippen LogP contribution >= 0.6 is 0 Å². The van der Waals surface area contributed by atoms with Crippen LogP contribution in [0, 0.1) is 24.5 Å². The molecule has 0 spiro atoms. The Morgan fingerprint density at radius 2 is 1.71 bits per heavy atom. The van der Waals surface area contributed by atoms with Gasteiger partial charge in [0.15, 0.2) is 5.78 Å². The fourth-order valence-corrected chi connectivity index (χ4v) is 3.50. The van der Waals surface area contributed by atoms with E-state index >= 15 is 0 Å². The Labute approximate surface area is 163 Å². The lowest BCUT2D eigenvalue weighted by molar-refractivity contribution is -0.121. The lowest BCUT2D eigenvalue weighted by Crippen LogP contribution is -2.47. The Kier molecular flexibility index (Phi) is 6.19. The fraction of sp³-hybridized carbons (Fsp3) is 0.364. The van der Waals surface area contributed by atoms with Crippen molar-refractivity contribution in [1.82, 2.24) is 4.90 Å². The van der Waals surface area contributed by atoms with Crippen molar-refractivity contribution in [1.29, 1.82) is 0 Å². The van der Waals surface area contributed by atoms with Gasteiger partial charge in [-0.2, -0.15) is 0 Å². The molecule has 1 atom stereocenters. The highest BCUT2D eigenvalue weighted by molar-refractivity contribution is 5.98. The normalized spacial score (nSPS) is 16.6. The van der Waals surface area contributed by atoms with Crippen molar-refractivity contribution in [3.8, 4) is 0 Å². The Morgan fingerprint density at radius 3 is 2.36 bits per heavy atom. The number of carbonyl (C=O) groups is 2. The van der Waals surface area contributed by atoms with E-state index in [1.54, 1.807) is 6.92 Å². The third kappa shape index (κ3) is 4.62. The van der Waals surface area contributed by atoms with Crippen molar-refractivity contribution in [2.75, 3.05) is 18.4 Å². The van der Waals surface area contributed by atoms with Gasteiger partial charge < -0.3 is 5.32 Å². The van der Waals surface area contributed by atoms with Gasteiger partial charge >= 0.3 is 0 Å². The summed E-state index contributed by atoms with van der Waals surface area (Å²) in [6.45, 7) is 4.91. The Hall–Kier alpha value is -2.60. The highest BCUT2D eigenvalue weighted by atomic mass is 19.1. The van der Waals surface area contributed by atoms with Crippen LogP contribution in [-0.2, 0) is 4.79 Å². The van der Waals surface area contributed by atoms with E-state index in [1.165, 1.54) is 0 Å². The summed E-state index contributed by atoms with van der Waals surface area (Å²) in [4.78, 5) is 27.1. The second-order valence-corrected chi connectivity index (χ2v) is 7.33. The molecule has 1 saturated heterocycles. The van der Waals surface area contributed by atoms with Crippen LogP contribution < -0.4 is 5.32 Å². The van der Waals surface area contributed by atoms with Crippen LogP contribution in [0.4, 0.5) is 14.5 Å². The van der Waals surface area contributed by atoms with Crippen LogP contribution in [0.5, 0.6) is 0 Å². The molecule has 0 bridgehead atoms. The van der Waals surface area contributed by atoms with Gasteiger partial charge in [-0.05, 0) is 51.9 Å². The van der Waals surface area contributed by atoms with Gasteiger partial charge in [-0.15, -0.1) is 0 Å². The number of nitrogens with zero attached hydrogens (tertiary/aromatic N) is 1. The van der Waals surface area contributed by atoms with Crippen LogP contribution in [0.15, 0.2) is 42.5 Å². The number of halogens is 2. The highest BCUT2D eigenvalue weighted by Gasteiger charge is 2.30. The largest absolute Gasteiger partial charge is 0.322 e. The molecule has 148 valence electrons. The van der Waals surface area contributed by atoms with Gasteiger partial charge in [0.05, 0.1) is 11.7 Å². The zero-order chi connectivity index (χ0) is 20.3. The lowest BCUT2D eigenvalue weighted by Gasteiger charge is -2.34. The predicted molar refractivity (Wildman–Crippen MR) is 104 cm³/mol. The van der Waals surface area contributed by atoms with Crippen molar-refractivity contribution in [2.24, 2.45) is 5.92 Å². The first-order valence-electron chi connectivity index (χ1n) is 9.46. The van der Waals surface area contributed by atoms with Crippen molar-refractivity contribution in [3.63, 3.8) is 0 Å². The van der Waals surface area contributed by atoms with Gasteiger partial charge in [-0.3, -0.25) is 14.5 Å². The number of hydrogen-bond donors (Lipinski definition) is 1. The summed E-state index contributed by atoms with van der Waals surface area (Å²) in [5.41, 5.74) is 1.67. The standard InChI is InChI=1S/C22H24F2N2O2/c1-14-3-5-16(6-4-14)21(27)17-9-11-26(12-10-17)15(2)22(28)25-20-13-18(23)7-8-19(20)24/h3-8,13,15,17H,9-12H2,1-2H3,(H,25,28). The molecule has 28 heavy (non-hydrogen) atoms. The molecule has 1 fully saturated rings. The average Bonchev–Trinajstić information content (AvgIpc) is 2.70. The minimum absolute atomic E-state index is 0.0603. The van der Waals surface area contributed by atoms with Gasteiger partial charge in [0.25, 0.3) is 0 Å². The van der Waals surface area contributed by atoms with Crippen LogP contribution in [0.2, 0.25) is 0 Å². The maximum atomic E-state index is 13.7. The van der Waals surface area contributed by atoms with Crippen LogP contribution in [0.1, 0.15) is 35.7 Å². The minimum Gasteiger partial charge on any atom is -0.322 e. The number of likely N-dealkylation sites (tertiary alicyclic amines) is 1. The molecule has 1 heterocycles. The number of anilines is 1. The number of rotatable bonds is 5. The smallest absolute Gasteiger partial charge is 0.241 e. The van der Waals surface area contributed by atoms with Crippen molar-refractivity contribution in [3.05, 3.63) is 65.2 Å². The molecule has 0 aliphatic carbocycles. The molecule has 1 unspecified atom stereocenters. The first-order valence-corrected chi connectivity index (χ1v) is 9.46. The molecule has 0 radical (unpaired) electrons. The molecule has 0 aromatic heterocycles. The fourth-order valence-electron chi connectivity index (χ4n) is 3.50. The summed E-state index contributed by atoms with van der Waals surface area (Å²) >= 11 is 0. The number of amides is 1. The number of nitrogens with one attached hydrogen (secondary N) is 1. The van der Waals surface area contributed by atoms with E-state index in [1.807, 2.05) is 36.1 Å².